The van der Waals surface area contributed by atoms with Gasteiger partial charge in [0.05, 0.1) is 0 Å². The molecule has 0 saturated heterocycles. The summed E-state index contributed by atoms with van der Waals surface area (Å²) in [6.45, 7) is 6.47. The molecule has 0 aliphatic rings. The number of ether oxygens (including phenoxy) is 1. The molecule has 0 radical (unpaired) electrons. The second-order valence-corrected chi connectivity index (χ2v) is 9.41. The van der Waals surface area contributed by atoms with E-state index in [-0.39, 0.29) is 5.78 Å². The lowest BCUT2D eigenvalue weighted by Crippen LogP contribution is -2.19. The number of hydrogen-bond acceptors (Lipinski definition) is 4. The van der Waals surface area contributed by atoms with Crippen molar-refractivity contribution in [1.29, 1.82) is 0 Å². The molecular weight excluding hydrogens is 420 g/mol. The SMILES string of the molecule is Cc1cc(C)cc(-c2ccc(OCCN(C)C)c(/C=C/C(=O)c3ccc(CN(C)C)cc3)c2)c1. The Labute approximate surface area is 204 Å². The molecule has 34 heavy (non-hydrogen) atoms. The molecule has 4 heteroatoms. The van der Waals surface area contributed by atoms with Crippen LogP contribution in [0.2, 0.25) is 0 Å². The highest BCUT2D eigenvalue weighted by Gasteiger charge is 2.08. The maximum atomic E-state index is 12.9. The maximum Gasteiger partial charge on any atom is 0.185 e. The summed E-state index contributed by atoms with van der Waals surface area (Å²) < 4.78 is 6.07. The van der Waals surface area contributed by atoms with Gasteiger partial charge in [-0.25, -0.2) is 0 Å². The molecule has 0 fully saturated rings. The Balaban J connectivity index is 1.87. The Bertz CT molecular complexity index is 1120. The summed E-state index contributed by atoms with van der Waals surface area (Å²) in [6.07, 6.45) is 3.51. The van der Waals surface area contributed by atoms with Crippen LogP contribution in [0.5, 0.6) is 5.75 Å². The summed E-state index contributed by atoms with van der Waals surface area (Å²) in [5.74, 6) is 0.757. The Morgan fingerprint density at radius 1 is 0.824 bits per heavy atom. The fourth-order valence-electron chi connectivity index (χ4n) is 3.87. The van der Waals surface area contributed by atoms with E-state index in [1.165, 1.54) is 16.7 Å². The Hall–Kier alpha value is -3.21. The molecule has 4 nitrogen and oxygen atoms in total. The van der Waals surface area contributed by atoms with Crippen LogP contribution in [0, 0.1) is 13.8 Å². The summed E-state index contributed by atoms with van der Waals surface area (Å²) in [4.78, 5) is 17.1. The first kappa shape index (κ1) is 25.4. The van der Waals surface area contributed by atoms with Gasteiger partial charge in [0.25, 0.3) is 0 Å². The van der Waals surface area contributed by atoms with Crippen LogP contribution in [0.25, 0.3) is 17.2 Å². The lowest BCUT2D eigenvalue weighted by Gasteiger charge is -2.14. The van der Waals surface area contributed by atoms with Crippen molar-refractivity contribution >= 4 is 11.9 Å². The minimum atomic E-state index is -0.0209. The van der Waals surface area contributed by atoms with Gasteiger partial charge < -0.3 is 14.5 Å². The molecule has 0 amide bonds. The smallest absolute Gasteiger partial charge is 0.185 e. The molecule has 0 atom stereocenters. The zero-order valence-electron chi connectivity index (χ0n) is 21.3. The van der Waals surface area contributed by atoms with E-state index in [0.29, 0.717) is 12.2 Å². The third-order valence-electron chi connectivity index (χ3n) is 5.51. The first-order valence-corrected chi connectivity index (χ1v) is 11.7. The Morgan fingerprint density at radius 2 is 1.50 bits per heavy atom. The van der Waals surface area contributed by atoms with Crippen LogP contribution in [0.3, 0.4) is 0 Å². The molecule has 178 valence electrons. The highest BCUT2D eigenvalue weighted by atomic mass is 16.5. The number of likely N-dealkylation sites (N-methyl/N-ethyl adjacent to an activating group) is 1. The summed E-state index contributed by atoms with van der Waals surface area (Å²) in [5.41, 5.74) is 7.48. The van der Waals surface area contributed by atoms with Crippen LogP contribution in [0.4, 0.5) is 0 Å². The molecule has 0 N–H and O–H groups in total. The van der Waals surface area contributed by atoms with Crippen molar-refractivity contribution in [2.75, 3.05) is 41.3 Å². The number of ketones is 1. The lowest BCUT2D eigenvalue weighted by atomic mass is 9.98. The number of aryl methyl sites for hydroxylation is 2. The van der Waals surface area contributed by atoms with Gasteiger partial charge in [0.15, 0.2) is 5.78 Å². The van der Waals surface area contributed by atoms with Gasteiger partial charge >= 0.3 is 0 Å². The quantitative estimate of drug-likeness (QED) is 0.282. The fourth-order valence-corrected chi connectivity index (χ4v) is 3.87. The lowest BCUT2D eigenvalue weighted by molar-refractivity contribution is 0.104. The number of benzene rings is 3. The van der Waals surface area contributed by atoms with Crippen molar-refractivity contribution < 1.29 is 9.53 Å². The van der Waals surface area contributed by atoms with E-state index < -0.39 is 0 Å². The fraction of sp³-hybridized carbons (Fsp3) is 0.300. The number of rotatable bonds is 10. The van der Waals surface area contributed by atoms with Gasteiger partial charge in [-0.05, 0) is 83.0 Å². The largest absolute Gasteiger partial charge is 0.492 e. The summed E-state index contributed by atoms with van der Waals surface area (Å²) >= 11 is 0. The van der Waals surface area contributed by atoms with Gasteiger partial charge in [0.1, 0.15) is 12.4 Å². The van der Waals surface area contributed by atoms with Crippen LogP contribution in [0.1, 0.15) is 32.6 Å². The van der Waals surface area contributed by atoms with E-state index in [1.807, 2.05) is 64.6 Å². The van der Waals surface area contributed by atoms with Crippen molar-refractivity contribution in [3.8, 4) is 16.9 Å². The van der Waals surface area contributed by atoms with Crippen LogP contribution in [-0.2, 0) is 6.54 Å². The molecular formula is C30H36N2O2. The molecule has 0 unspecified atom stereocenters. The zero-order chi connectivity index (χ0) is 24.7. The van der Waals surface area contributed by atoms with Crippen molar-refractivity contribution in [1.82, 2.24) is 9.80 Å². The topological polar surface area (TPSA) is 32.8 Å². The van der Waals surface area contributed by atoms with E-state index in [4.69, 9.17) is 4.74 Å². The normalized spacial score (nSPS) is 11.5. The average Bonchev–Trinajstić information content (AvgIpc) is 2.77. The number of nitrogens with zero attached hydrogens (tertiary/aromatic N) is 2. The number of allylic oxidation sites excluding steroid dienone is 1. The number of hydrogen-bond donors (Lipinski definition) is 0. The van der Waals surface area contributed by atoms with Crippen molar-refractivity contribution in [3.63, 3.8) is 0 Å². The van der Waals surface area contributed by atoms with E-state index in [0.717, 1.165) is 35.5 Å². The third kappa shape index (κ3) is 7.41. The first-order valence-electron chi connectivity index (χ1n) is 11.7. The molecule has 0 bridgehead atoms. The molecule has 0 spiro atoms. The molecule has 0 heterocycles. The van der Waals surface area contributed by atoms with Gasteiger partial charge in [-0.1, -0.05) is 59.7 Å². The molecule has 0 aliphatic carbocycles. The first-order chi connectivity index (χ1) is 16.2. The summed E-state index contributed by atoms with van der Waals surface area (Å²) in [7, 11) is 8.12. The minimum absolute atomic E-state index is 0.0209. The molecule has 0 aromatic heterocycles. The zero-order valence-corrected chi connectivity index (χ0v) is 21.3. The predicted octanol–water partition coefficient (Wildman–Crippen LogP) is 5.87. The summed E-state index contributed by atoms with van der Waals surface area (Å²) in [6, 6.07) is 20.5. The van der Waals surface area contributed by atoms with Crippen molar-refractivity contribution in [2.45, 2.75) is 20.4 Å². The van der Waals surface area contributed by atoms with E-state index in [1.54, 1.807) is 6.08 Å². The van der Waals surface area contributed by atoms with Gasteiger partial charge in [0, 0.05) is 24.2 Å². The van der Waals surface area contributed by atoms with Gasteiger partial charge in [-0.15, -0.1) is 0 Å². The van der Waals surface area contributed by atoms with E-state index in [9.17, 15) is 4.79 Å². The maximum absolute atomic E-state index is 12.9. The molecule has 0 aliphatic heterocycles. The molecule has 0 saturated carbocycles. The minimum Gasteiger partial charge on any atom is -0.492 e. The Morgan fingerprint density at radius 3 is 2.12 bits per heavy atom. The van der Waals surface area contributed by atoms with Crippen LogP contribution in [-0.4, -0.2) is 56.9 Å². The van der Waals surface area contributed by atoms with Crippen LogP contribution in [0.15, 0.2) is 66.7 Å². The number of carbonyl (C=O) groups is 1. The van der Waals surface area contributed by atoms with E-state index >= 15 is 0 Å². The van der Waals surface area contributed by atoms with Crippen LogP contribution >= 0.6 is 0 Å². The van der Waals surface area contributed by atoms with E-state index in [2.05, 4.69) is 54.0 Å². The van der Waals surface area contributed by atoms with Crippen molar-refractivity contribution in [2.24, 2.45) is 0 Å². The average molecular weight is 457 g/mol. The predicted molar refractivity (Wildman–Crippen MR) is 143 cm³/mol. The van der Waals surface area contributed by atoms with Gasteiger partial charge in [-0.3, -0.25) is 4.79 Å². The summed E-state index contributed by atoms with van der Waals surface area (Å²) in [5, 5.41) is 0. The standard InChI is InChI=1S/C30H36N2O2/c1-22-17-23(2)19-28(18-22)26-12-14-30(34-16-15-31(3)4)27(20-26)11-13-29(33)25-9-7-24(8-10-25)21-32(5)6/h7-14,17-20H,15-16,21H2,1-6H3/b13-11+. The third-order valence-corrected chi connectivity index (χ3v) is 5.51. The molecule has 3 aromatic carbocycles. The van der Waals surface area contributed by atoms with Gasteiger partial charge in [-0.2, -0.15) is 0 Å². The van der Waals surface area contributed by atoms with Gasteiger partial charge in [0.2, 0.25) is 0 Å². The second kappa shape index (κ2) is 11.8. The van der Waals surface area contributed by atoms with Crippen LogP contribution < -0.4 is 4.74 Å². The number of carbonyl (C=O) groups excluding carboxylic acids is 1. The highest BCUT2D eigenvalue weighted by molar-refractivity contribution is 6.07. The molecule has 3 aromatic rings. The molecule has 3 rings (SSSR count). The van der Waals surface area contributed by atoms with Crippen molar-refractivity contribution in [3.05, 3.63) is 94.6 Å². The Kier molecular flexibility index (Phi) is 8.80. The second-order valence-electron chi connectivity index (χ2n) is 9.41. The highest BCUT2D eigenvalue weighted by Crippen LogP contribution is 2.29. The monoisotopic (exact) mass is 456 g/mol.